The molecule has 0 spiro atoms. The van der Waals surface area contributed by atoms with Crippen LogP contribution in [0.15, 0.2) is 41.3 Å². The lowest BCUT2D eigenvalue weighted by Gasteiger charge is -2.31. The van der Waals surface area contributed by atoms with Crippen LogP contribution >= 0.6 is 11.6 Å². The molecule has 0 saturated heterocycles. The standard InChI is InChI=1S/C16H19ClN2O2/c1-11(2)12(3)19(10-13-5-4-8-21-13)16(20)14-6-7-18-9-15(14)17/h4-9,11-12H,10H2,1-3H3. The maximum atomic E-state index is 12.8. The highest BCUT2D eigenvalue weighted by atomic mass is 35.5. The predicted molar refractivity (Wildman–Crippen MR) is 82.1 cm³/mol. The molecule has 21 heavy (non-hydrogen) atoms. The van der Waals surface area contributed by atoms with E-state index in [-0.39, 0.29) is 11.9 Å². The molecule has 4 nitrogen and oxygen atoms in total. The van der Waals surface area contributed by atoms with Gasteiger partial charge in [0.1, 0.15) is 5.76 Å². The second-order valence-corrected chi connectivity index (χ2v) is 5.76. The molecule has 1 unspecified atom stereocenters. The minimum absolute atomic E-state index is 0.0619. The Morgan fingerprint density at radius 3 is 2.71 bits per heavy atom. The van der Waals surface area contributed by atoms with E-state index in [0.29, 0.717) is 23.0 Å². The summed E-state index contributed by atoms with van der Waals surface area (Å²) in [7, 11) is 0. The van der Waals surface area contributed by atoms with Crippen LogP contribution in [-0.2, 0) is 6.54 Å². The van der Waals surface area contributed by atoms with Gasteiger partial charge >= 0.3 is 0 Å². The third-order valence-corrected chi connectivity index (χ3v) is 3.93. The number of rotatable bonds is 5. The van der Waals surface area contributed by atoms with E-state index >= 15 is 0 Å². The van der Waals surface area contributed by atoms with Crippen molar-refractivity contribution in [2.75, 3.05) is 0 Å². The first kappa shape index (κ1) is 15.6. The summed E-state index contributed by atoms with van der Waals surface area (Å²) in [5, 5.41) is 0.364. The van der Waals surface area contributed by atoms with Crippen LogP contribution in [0.3, 0.4) is 0 Å². The first-order valence-electron chi connectivity index (χ1n) is 6.93. The van der Waals surface area contributed by atoms with E-state index in [1.807, 2.05) is 19.1 Å². The Bertz CT molecular complexity index is 596. The molecular weight excluding hydrogens is 288 g/mol. The molecule has 0 saturated carbocycles. The van der Waals surface area contributed by atoms with Crippen LogP contribution < -0.4 is 0 Å². The summed E-state index contributed by atoms with van der Waals surface area (Å²) in [5.41, 5.74) is 0.464. The first-order chi connectivity index (χ1) is 10.0. The van der Waals surface area contributed by atoms with Crippen LogP contribution in [0.2, 0.25) is 5.02 Å². The summed E-state index contributed by atoms with van der Waals surface area (Å²) in [6.07, 6.45) is 4.67. The summed E-state index contributed by atoms with van der Waals surface area (Å²) in [5.74, 6) is 0.963. The van der Waals surface area contributed by atoms with E-state index in [1.54, 1.807) is 23.4 Å². The van der Waals surface area contributed by atoms with E-state index in [2.05, 4.69) is 18.8 Å². The Labute approximate surface area is 129 Å². The summed E-state index contributed by atoms with van der Waals surface area (Å²) in [6, 6.07) is 5.39. The van der Waals surface area contributed by atoms with Crippen molar-refractivity contribution in [3.8, 4) is 0 Å². The zero-order valence-corrected chi connectivity index (χ0v) is 13.2. The largest absolute Gasteiger partial charge is 0.467 e. The minimum Gasteiger partial charge on any atom is -0.467 e. The van der Waals surface area contributed by atoms with Crippen molar-refractivity contribution in [3.05, 3.63) is 53.2 Å². The van der Waals surface area contributed by atoms with Gasteiger partial charge in [0.25, 0.3) is 5.91 Å². The molecule has 1 atom stereocenters. The highest BCUT2D eigenvalue weighted by Crippen LogP contribution is 2.22. The Kier molecular flexibility index (Phi) is 5.02. The second-order valence-electron chi connectivity index (χ2n) is 5.35. The minimum atomic E-state index is -0.111. The molecule has 0 aliphatic heterocycles. The maximum absolute atomic E-state index is 12.8. The normalized spacial score (nSPS) is 12.4. The highest BCUT2D eigenvalue weighted by Gasteiger charge is 2.26. The van der Waals surface area contributed by atoms with Crippen LogP contribution in [0.25, 0.3) is 0 Å². The van der Waals surface area contributed by atoms with Gasteiger partial charge in [0.15, 0.2) is 0 Å². The SMILES string of the molecule is CC(C)C(C)N(Cc1ccco1)C(=O)c1ccncc1Cl. The van der Waals surface area contributed by atoms with Crippen molar-refractivity contribution in [1.82, 2.24) is 9.88 Å². The van der Waals surface area contributed by atoms with Gasteiger partial charge in [-0.2, -0.15) is 0 Å². The molecule has 1 amide bonds. The second kappa shape index (κ2) is 6.76. The fraction of sp³-hybridized carbons (Fsp3) is 0.375. The predicted octanol–water partition coefficient (Wildman–Crippen LogP) is 4.01. The van der Waals surface area contributed by atoms with Crippen molar-refractivity contribution in [2.45, 2.75) is 33.4 Å². The average molecular weight is 307 g/mol. The van der Waals surface area contributed by atoms with Crippen LogP contribution in [0.4, 0.5) is 0 Å². The van der Waals surface area contributed by atoms with Gasteiger partial charge in [-0.25, -0.2) is 0 Å². The molecule has 0 bridgehead atoms. The Morgan fingerprint density at radius 2 is 2.14 bits per heavy atom. The monoisotopic (exact) mass is 306 g/mol. The molecular formula is C16H19ClN2O2. The van der Waals surface area contributed by atoms with E-state index in [4.69, 9.17) is 16.0 Å². The lowest BCUT2D eigenvalue weighted by Crippen LogP contribution is -2.41. The van der Waals surface area contributed by atoms with E-state index in [0.717, 1.165) is 5.76 Å². The van der Waals surface area contributed by atoms with E-state index in [9.17, 15) is 4.79 Å². The van der Waals surface area contributed by atoms with Crippen molar-refractivity contribution in [1.29, 1.82) is 0 Å². The van der Waals surface area contributed by atoms with Crippen molar-refractivity contribution >= 4 is 17.5 Å². The molecule has 0 fully saturated rings. The third-order valence-electron chi connectivity index (χ3n) is 3.63. The zero-order valence-electron chi connectivity index (χ0n) is 12.4. The number of hydrogen-bond donors (Lipinski definition) is 0. The third kappa shape index (κ3) is 3.64. The fourth-order valence-electron chi connectivity index (χ4n) is 2.03. The Balaban J connectivity index is 2.30. The quantitative estimate of drug-likeness (QED) is 0.838. The zero-order chi connectivity index (χ0) is 15.4. The smallest absolute Gasteiger partial charge is 0.256 e. The van der Waals surface area contributed by atoms with Crippen LogP contribution in [-0.4, -0.2) is 21.8 Å². The number of pyridine rings is 1. The number of hydrogen-bond acceptors (Lipinski definition) is 3. The summed E-state index contributed by atoms with van der Waals surface area (Å²) < 4.78 is 5.37. The first-order valence-corrected chi connectivity index (χ1v) is 7.31. The van der Waals surface area contributed by atoms with Crippen LogP contribution in [0, 0.1) is 5.92 Å². The van der Waals surface area contributed by atoms with E-state index < -0.39 is 0 Å². The number of amides is 1. The van der Waals surface area contributed by atoms with Gasteiger partial charge in [0, 0.05) is 18.4 Å². The molecule has 2 heterocycles. The van der Waals surface area contributed by atoms with Crippen LogP contribution in [0.1, 0.15) is 36.9 Å². The lowest BCUT2D eigenvalue weighted by atomic mass is 10.0. The Hall–Kier alpha value is -1.81. The van der Waals surface area contributed by atoms with Gasteiger partial charge in [0.2, 0.25) is 0 Å². The van der Waals surface area contributed by atoms with Crippen molar-refractivity contribution < 1.29 is 9.21 Å². The van der Waals surface area contributed by atoms with Crippen molar-refractivity contribution in [3.63, 3.8) is 0 Å². The topological polar surface area (TPSA) is 46.3 Å². The number of carbonyl (C=O) groups excluding carboxylic acids is 1. The van der Waals surface area contributed by atoms with Crippen LogP contribution in [0.5, 0.6) is 0 Å². The summed E-state index contributed by atoms with van der Waals surface area (Å²) in [6.45, 7) is 6.62. The molecule has 5 heteroatoms. The highest BCUT2D eigenvalue weighted by molar-refractivity contribution is 6.33. The lowest BCUT2D eigenvalue weighted by molar-refractivity contribution is 0.0611. The molecule has 0 aromatic carbocycles. The van der Waals surface area contributed by atoms with Gasteiger partial charge in [-0.1, -0.05) is 25.4 Å². The number of nitrogens with zero attached hydrogens (tertiary/aromatic N) is 2. The molecule has 0 aliphatic rings. The van der Waals surface area contributed by atoms with Gasteiger partial charge in [-0.15, -0.1) is 0 Å². The number of furan rings is 1. The van der Waals surface area contributed by atoms with Gasteiger partial charge < -0.3 is 9.32 Å². The van der Waals surface area contributed by atoms with Gasteiger partial charge in [-0.05, 0) is 31.0 Å². The molecule has 0 aliphatic carbocycles. The molecule has 0 radical (unpaired) electrons. The number of carbonyl (C=O) groups is 1. The Morgan fingerprint density at radius 1 is 1.38 bits per heavy atom. The maximum Gasteiger partial charge on any atom is 0.256 e. The van der Waals surface area contributed by atoms with E-state index in [1.165, 1.54) is 6.20 Å². The molecule has 112 valence electrons. The number of halogens is 1. The van der Waals surface area contributed by atoms with Crippen molar-refractivity contribution in [2.24, 2.45) is 5.92 Å². The average Bonchev–Trinajstić information content (AvgIpc) is 2.97. The summed E-state index contributed by atoms with van der Waals surface area (Å²) >= 11 is 6.10. The number of aromatic nitrogens is 1. The molecule has 2 aromatic heterocycles. The van der Waals surface area contributed by atoms with Gasteiger partial charge in [0.05, 0.1) is 23.4 Å². The molecule has 2 rings (SSSR count). The summed E-state index contributed by atoms with van der Waals surface area (Å²) in [4.78, 5) is 18.5. The van der Waals surface area contributed by atoms with Gasteiger partial charge in [-0.3, -0.25) is 9.78 Å². The molecule has 0 N–H and O–H groups in total. The molecule has 2 aromatic rings. The fourth-order valence-corrected chi connectivity index (χ4v) is 2.23.